The number of likely N-dealkylation sites (N-methyl/N-ethyl adjacent to an activating group) is 1. The zero-order chi connectivity index (χ0) is 27.6. The molecule has 0 amide bonds. The number of nitrogens with one attached hydrogen (secondary N) is 2. The quantitative estimate of drug-likeness (QED) is 0.243. The molecule has 2 fully saturated rings. The molecule has 1 aromatic carbocycles. The van der Waals surface area contributed by atoms with Crippen LogP contribution in [-0.4, -0.2) is 78.0 Å². The summed E-state index contributed by atoms with van der Waals surface area (Å²) < 4.78 is 11.6. The van der Waals surface area contributed by atoms with Crippen LogP contribution in [-0.2, 0) is 4.74 Å². The second kappa shape index (κ2) is 11.6. The fourth-order valence-corrected chi connectivity index (χ4v) is 5.68. The van der Waals surface area contributed by atoms with Gasteiger partial charge in [-0.1, -0.05) is 11.6 Å². The summed E-state index contributed by atoms with van der Waals surface area (Å²) >= 11 is 6.62. The van der Waals surface area contributed by atoms with E-state index in [0.717, 1.165) is 43.9 Å². The summed E-state index contributed by atoms with van der Waals surface area (Å²) in [4.78, 5) is 12.0. The van der Waals surface area contributed by atoms with Gasteiger partial charge in [0.05, 0.1) is 22.4 Å². The van der Waals surface area contributed by atoms with Crippen LogP contribution >= 0.6 is 11.6 Å². The van der Waals surface area contributed by atoms with Gasteiger partial charge in [0.25, 0.3) is 0 Å². The lowest BCUT2D eigenvalue weighted by Crippen LogP contribution is -2.64. The molecule has 9 nitrogen and oxygen atoms in total. The largest absolute Gasteiger partial charge is 0.512 e. The van der Waals surface area contributed by atoms with Crippen molar-refractivity contribution in [2.45, 2.75) is 52.7 Å². The van der Waals surface area contributed by atoms with Gasteiger partial charge in [0.15, 0.2) is 5.82 Å². The number of ether oxygens (including phenoxy) is 2. The lowest BCUT2D eigenvalue weighted by atomic mass is 9.61. The Bertz CT molecular complexity index is 1220. The number of aliphatic hydroxyl groups excluding tert-OH is 2. The molecular weight excluding hydrogens is 506 g/mol. The summed E-state index contributed by atoms with van der Waals surface area (Å²) in [6.45, 7) is 10.2. The Labute approximate surface area is 229 Å². The first kappa shape index (κ1) is 28.3. The summed E-state index contributed by atoms with van der Waals surface area (Å²) in [7, 11) is 1.77. The third-order valence-corrected chi connectivity index (χ3v) is 7.56. The molecule has 10 heteroatoms. The average molecular weight is 544 g/mol. The number of aliphatic hydroxyl groups is 2. The van der Waals surface area contributed by atoms with Crippen LogP contribution in [0.2, 0.25) is 5.02 Å². The molecule has 4 N–H and O–H groups in total. The van der Waals surface area contributed by atoms with Gasteiger partial charge in [0, 0.05) is 48.5 Å². The molecule has 1 atom stereocenters. The molecule has 0 unspecified atom stereocenters. The van der Waals surface area contributed by atoms with E-state index < -0.39 is 6.10 Å². The Balaban J connectivity index is 1.71. The van der Waals surface area contributed by atoms with Crippen molar-refractivity contribution in [2.24, 2.45) is 5.41 Å². The minimum atomic E-state index is -0.656. The van der Waals surface area contributed by atoms with Crippen LogP contribution in [0.3, 0.4) is 0 Å². The predicted molar refractivity (Wildman–Crippen MR) is 151 cm³/mol. The highest BCUT2D eigenvalue weighted by Crippen LogP contribution is 2.51. The second-order valence-electron chi connectivity index (χ2n) is 10.4. The lowest BCUT2D eigenvalue weighted by Gasteiger charge is -2.59. The lowest BCUT2D eigenvalue weighted by molar-refractivity contribution is -0.0892. The van der Waals surface area contributed by atoms with Crippen molar-refractivity contribution < 1.29 is 19.7 Å². The van der Waals surface area contributed by atoms with Gasteiger partial charge < -0.3 is 35.3 Å². The number of aromatic nitrogens is 2. The molecule has 38 heavy (non-hydrogen) atoms. The van der Waals surface area contributed by atoms with Crippen LogP contribution in [0.5, 0.6) is 5.75 Å². The van der Waals surface area contributed by atoms with Crippen molar-refractivity contribution in [3.8, 4) is 17.1 Å². The molecule has 2 aromatic rings. The monoisotopic (exact) mass is 543 g/mol. The van der Waals surface area contributed by atoms with E-state index in [-0.39, 0.29) is 23.5 Å². The molecule has 1 aromatic heterocycles. The minimum absolute atomic E-state index is 0.0246. The number of halogens is 1. The Hall–Kier alpha value is -2.72. The summed E-state index contributed by atoms with van der Waals surface area (Å²) in [5, 5.41) is 32.2. The van der Waals surface area contributed by atoms with Gasteiger partial charge in [0.1, 0.15) is 30.0 Å². The zero-order valence-electron chi connectivity index (χ0n) is 22.8. The molecule has 1 saturated heterocycles. The Morgan fingerprint density at radius 2 is 2.00 bits per heavy atom. The summed E-state index contributed by atoms with van der Waals surface area (Å²) in [5.74, 6) is 1.70. The number of nitrogens with zero attached hydrogens (tertiary/aromatic N) is 3. The molecule has 206 valence electrons. The van der Waals surface area contributed by atoms with Gasteiger partial charge in [-0.3, -0.25) is 0 Å². The highest BCUT2D eigenvalue weighted by atomic mass is 35.5. The van der Waals surface area contributed by atoms with Gasteiger partial charge in [-0.25, -0.2) is 9.97 Å². The van der Waals surface area contributed by atoms with Gasteiger partial charge in [-0.15, -0.1) is 0 Å². The fraction of sp³-hybridized carbons (Fsp3) is 0.536. The number of benzene rings is 1. The number of hydrogen-bond acceptors (Lipinski definition) is 9. The van der Waals surface area contributed by atoms with E-state index in [1.165, 1.54) is 0 Å². The Morgan fingerprint density at radius 1 is 1.29 bits per heavy atom. The van der Waals surface area contributed by atoms with Gasteiger partial charge in [-0.2, -0.15) is 0 Å². The minimum Gasteiger partial charge on any atom is -0.512 e. The SMILES string of the molecule is CCOC1CC2(C1)CN(c1nc(-c3cc(OC[C@H](O)CNC)ccc3Cl)nc(/C(C(C)=N)=C(\C)O)c1C)C2. The van der Waals surface area contributed by atoms with Gasteiger partial charge in [-0.05, 0) is 65.8 Å². The van der Waals surface area contributed by atoms with E-state index >= 15 is 0 Å². The van der Waals surface area contributed by atoms with Crippen molar-refractivity contribution in [1.29, 1.82) is 5.41 Å². The van der Waals surface area contributed by atoms with Crippen LogP contribution in [0.4, 0.5) is 5.82 Å². The number of allylic oxidation sites excluding steroid dienone is 2. The molecular formula is C28H38ClN5O4. The van der Waals surface area contributed by atoms with Crippen LogP contribution in [0.25, 0.3) is 17.0 Å². The maximum absolute atomic E-state index is 10.5. The molecule has 4 rings (SSSR count). The summed E-state index contributed by atoms with van der Waals surface area (Å²) in [6, 6.07) is 5.22. The molecule has 1 aliphatic heterocycles. The first-order chi connectivity index (χ1) is 18.1. The van der Waals surface area contributed by atoms with Crippen molar-refractivity contribution in [3.63, 3.8) is 0 Å². The summed E-state index contributed by atoms with van der Waals surface area (Å²) in [5.41, 5.74) is 2.72. The Morgan fingerprint density at radius 3 is 2.61 bits per heavy atom. The van der Waals surface area contributed by atoms with Crippen molar-refractivity contribution in [2.75, 3.05) is 44.8 Å². The highest BCUT2D eigenvalue weighted by Gasteiger charge is 2.53. The molecule has 1 aliphatic carbocycles. The smallest absolute Gasteiger partial charge is 0.163 e. The third kappa shape index (κ3) is 5.81. The van der Waals surface area contributed by atoms with E-state index in [2.05, 4.69) is 10.2 Å². The number of rotatable bonds is 11. The van der Waals surface area contributed by atoms with Crippen molar-refractivity contribution in [1.82, 2.24) is 15.3 Å². The fourth-order valence-electron chi connectivity index (χ4n) is 5.48. The normalized spacial score (nSPS) is 18.0. The molecule has 0 radical (unpaired) electrons. The van der Waals surface area contributed by atoms with Crippen LogP contribution in [0, 0.1) is 17.7 Å². The maximum Gasteiger partial charge on any atom is 0.163 e. The van der Waals surface area contributed by atoms with E-state index in [1.807, 2.05) is 13.8 Å². The summed E-state index contributed by atoms with van der Waals surface area (Å²) in [6.07, 6.45) is 1.77. The molecule has 0 bridgehead atoms. The van der Waals surface area contributed by atoms with Crippen molar-refractivity contribution >= 4 is 28.7 Å². The van der Waals surface area contributed by atoms with Gasteiger partial charge >= 0.3 is 0 Å². The van der Waals surface area contributed by atoms with E-state index in [4.69, 9.17) is 36.5 Å². The average Bonchev–Trinajstić information content (AvgIpc) is 2.80. The number of hydrogen-bond donors (Lipinski definition) is 4. The molecule has 2 aliphatic rings. The van der Waals surface area contributed by atoms with E-state index in [9.17, 15) is 10.2 Å². The maximum atomic E-state index is 10.5. The van der Waals surface area contributed by atoms with Crippen molar-refractivity contribution in [3.05, 3.63) is 40.2 Å². The first-order valence-corrected chi connectivity index (χ1v) is 13.4. The standard InChI is InChI=1S/C28H38ClN5O4/c1-6-37-21-10-28(11-21)14-34(15-28)27-16(2)25(24(17(3)30)18(4)35)32-26(33-27)22-9-20(7-8-23(22)29)38-13-19(36)12-31-5/h7-9,19,21,30-31,35-36H,6,10-15H2,1-5H3/b24-18+,30-17?/t19-/m1/s1. The predicted octanol–water partition coefficient (Wildman–Crippen LogP) is 4.40. The first-order valence-electron chi connectivity index (χ1n) is 13.0. The van der Waals surface area contributed by atoms with Crippen LogP contribution < -0.4 is 15.0 Å². The molecule has 1 spiro atoms. The number of anilines is 1. The highest BCUT2D eigenvalue weighted by molar-refractivity contribution is 6.33. The zero-order valence-corrected chi connectivity index (χ0v) is 23.5. The molecule has 1 saturated carbocycles. The van der Waals surface area contributed by atoms with E-state index in [1.54, 1.807) is 39.1 Å². The molecule has 2 heterocycles. The van der Waals surface area contributed by atoms with Gasteiger partial charge in [0.2, 0.25) is 0 Å². The topological polar surface area (TPSA) is 124 Å². The van der Waals surface area contributed by atoms with Crippen LogP contribution in [0.1, 0.15) is 44.9 Å². The second-order valence-corrected chi connectivity index (χ2v) is 10.8. The third-order valence-electron chi connectivity index (χ3n) is 7.23. The van der Waals surface area contributed by atoms with Crippen LogP contribution in [0.15, 0.2) is 24.0 Å². The van der Waals surface area contributed by atoms with E-state index in [0.29, 0.717) is 46.1 Å². The Kier molecular flexibility index (Phi) is 8.62.